The summed E-state index contributed by atoms with van der Waals surface area (Å²) in [5.74, 6) is -0.424. The van der Waals surface area contributed by atoms with Crippen molar-refractivity contribution in [1.29, 1.82) is 0 Å². The number of hydrogen-bond acceptors (Lipinski definition) is 2. The maximum atomic E-state index is 12.7. The number of carbonyl (C=O) groups is 2. The van der Waals surface area contributed by atoms with E-state index in [0.717, 1.165) is 28.1 Å². The van der Waals surface area contributed by atoms with Gasteiger partial charge in [0.25, 0.3) is 0 Å². The van der Waals surface area contributed by atoms with Crippen molar-refractivity contribution < 1.29 is 9.59 Å². The summed E-state index contributed by atoms with van der Waals surface area (Å²) < 4.78 is 0. The van der Waals surface area contributed by atoms with Crippen LogP contribution in [0.25, 0.3) is 0 Å². The van der Waals surface area contributed by atoms with Crippen molar-refractivity contribution in [3.8, 4) is 0 Å². The van der Waals surface area contributed by atoms with Crippen molar-refractivity contribution in [2.45, 2.75) is 19.8 Å². The summed E-state index contributed by atoms with van der Waals surface area (Å²) in [5.41, 5.74) is 3.73. The van der Waals surface area contributed by atoms with E-state index < -0.39 is 5.41 Å². The molecule has 0 saturated carbocycles. The van der Waals surface area contributed by atoms with E-state index in [1.165, 1.54) is 0 Å². The Morgan fingerprint density at radius 1 is 0.864 bits per heavy atom. The van der Waals surface area contributed by atoms with E-state index in [0.29, 0.717) is 12.8 Å². The zero-order valence-electron chi connectivity index (χ0n) is 12.3. The van der Waals surface area contributed by atoms with Gasteiger partial charge < -0.3 is 10.6 Å². The molecule has 1 unspecified atom stereocenters. The number of hydrogen-bond donors (Lipinski definition) is 2. The number of fused-ring (bicyclic) bond motifs is 2. The third-order valence-electron chi connectivity index (χ3n) is 4.63. The van der Waals surface area contributed by atoms with E-state index >= 15 is 0 Å². The molecule has 0 aromatic heterocycles. The molecule has 2 aromatic carbocycles. The number of para-hydroxylation sites is 1. The van der Waals surface area contributed by atoms with Crippen LogP contribution in [0.3, 0.4) is 0 Å². The summed E-state index contributed by atoms with van der Waals surface area (Å²) in [6, 6.07) is 13.6. The van der Waals surface area contributed by atoms with E-state index in [9.17, 15) is 9.59 Å². The number of rotatable bonds is 0. The number of carbonyl (C=O) groups excluding carboxylic acids is 2. The molecule has 0 aliphatic carbocycles. The van der Waals surface area contributed by atoms with Crippen molar-refractivity contribution >= 4 is 23.2 Å². The van der Waals surface area contributed by atoms with Gasteiger partial charge in [-0.3, -0.25) is 9.59 Å². The molecule has 0 radical (unpaired) electrons. The molecular weight excluding hydrogens is 276 g/mol. The van der Waals surface area contributed by atoms with Crippen LogP contribution in [0.1, 0.15) is 16.7 Å². The Morgan fingerprint density at radius 3 is 2.27 bits per heavy atom. The Labute approximate surface area is 128 Å². The lowest BCUT2D eigenvalue weighted by molar-refractivity contribution is -0.138. The molecule has 1 atom stereocenters. The first-order chi connectivity index (χ1) is 10.6. The maximum Gasteiger partial charge on any atom is 0.240 e. The van der Waals surface area contributed by atoms with E-state index in [4.69, 9.17) is 0 Å². The first-order valence-corrected chi connectivity index (χ1v) is 7.39. The van der Waals surface area contributed by atoms with Crippen molar-refractivity contribution in [1.82, 2.24) is 0 Å². The lowest BCUT2D eigenvalue weighted by atomic mass is 9.70. The number of aryl methyl sites for hydroxylation is 1. The molecule has 22 heavy (non-hydrogen) atoms. The zero-order chi connectivity index (χ0) is 15.3. The highest BCUT2D eigenvalue weighted by Gasteiger charge is 2.51. The molecule has 110 valence electrons. The molecule has 2 amide bonds. The largest absolute Gasteiger partial charge is 0.325 e. The second-order valence-electron chi connectivity index (χ2n) is 6.16. The van der Waals surface area contributed by atoms with Gasteiger partial charge >= 0.3 is 0 Å². The Bertz CT molecular complexity index is 812. The van der Waals surface area contributed by atoms with Crippen LogP contribution in [-0.2, 0) is 22.4 Å². The molecule has 2 aliphatic heterocycles. The molecule has 2 aromatic rings. The average Bonchev–Trinajstić information content (AvgIpc) is 2.50. The molecule has 2 aliphatic rings. The fourth-order valence-electron chi connectivity index (χ4n) is 3.41. The van der Waals surface area contributed by atoms with Crippen LogP contribution in [0.4, 0.5) is 11.4 Å². The normalized spacial score (nSPS) is 22.6. The van der Waals surface area contributed by atoms with E-state index in [-0.39, 0.29) is 11.8 Å². The first kappa shape index (κ1) is 13.1. The minimum Gasteiger partial charge on any atom is -0.325 e. The predicted octanol–water partition coefficient (Wildman–Crippen LogP) is 2.67. The summed E-state index contributed by atoms with van der Waals surface area (Å²) in [6.45, 7) is 2.01. The topological polar surface area (TPSA) is 58.2 Å². The molecule has 2 N–H and O–H groups in total. The first-order valence-electron chi connectivity index (χ1n) is 7.39. The van der Waals surface area contributed by atoms with Gasteiger partial charge in [-0.25, -0.2) is 0 Å². The summed E-state index contributed by atoms with van der Waals surface area (Å²) in [5, 5.41) is 5.81. The fraction of sp³-hybridized carbons (Fsp3) is 0.222. The highest BCUT2D eigenvalue weighted by atomic mass is 16.2. The average molecular weight is 292 g/mol. The van der Waals surface area contributed by atoms with Gasteiger partial charge in [-0.2, -0.15) is 0 Å². The van der Waals surface area contributed by atoms with Crippen LogP contribution in [-0.4, -0.2) is 11.8 Å². The van der Waals surface area contributed by atoms with E-state index in [1.54, 1.807) is 0 Å². The van der Waals surface area contributed by atoms with Gasteiger partial charge in [0.05, 0.1) is 0 Å². The molecule has 4 nitrogen and oxygen atoms in total. The Morgan fingerprint density at radius 2 is 1.50 bits per heavy atom. The van der Waals surface area contributed by atoms with Crippen LogP contribution < -0.4 is 10.6 Å². The van der Waals surface area contributed by atoms with Gasteiger partial charge in [0.15, 0.2) is 0 Å². The Hall–Kier alpha value is -2.62. The van der Waals surface area contributed by atoms with E-state index in [1.807, 2.05) is 49.4 Å². The van der Waals surface area contributed by atoms with Crippen LogP contribution >= 0.6 is 0 Å². The van der Waals surface area contributed by atoms with Crippen molar-refractivity contribution in [3.63, 3.8) is 0 Å². The SMILES string of the molecule is Cc1ccc2c(c1)CC1(Cc3ccccc3NC1=O)C(=O)N2. The second-order valence-corrected chi connectivity index (χ2v) is 6.16. The smallest absolute Gasteiger partial charge is 0.240 e. The van der Waals surface area contributed by atoms with Crippen molar-refractivity contribution in [2.75, 3.05) is 10.6 Å². The second kappa shape index (κ2) is 4.44. The lowest BCUT2D eigenvalue weighted by Gasteiger charge is -2.39. The molecule has 0 saturated heterocycles. The molecule has 0 bridgehead atoms. The summed E-state index contributed by atoms with van der Waals surface area (Å²) in [4.78, 5) is 25.3. The number of benzene rings is 2. The highest BCUT2D eigenvalue weighted by molar-refractivity contribution is 6.17. The zero-order valence-corrected chi connectivity index (χ0v) is 12.3. The number of nitrogens with one attached hydrogen (secondary N) is 2. The molecule has 4 heteroatoms. The van der Waals surface area contributed by atoms with Gasteiger partial charge in [0.1, 0.15) is 5.41 Å². The monoisotopic (exact) mass is 292 g/mol. The van der Waals surface area contributed by atoms with E-state index in [2.05, 4.69) is 10.6 Å². The highest BCUT2D eigenvalue weighted by Crippen LogP contribution is 2.41. The third-order valence-corrected chi connectivity index (χ3v) is 4.63. The maximum absolute atomic E-state index is 12.7. The Kier molecular flexibility index (Phi) is 2.64. The lowest BCUT2D eigenvalue weighted by Crippen LogP contribution is -2.53. The summed E-state index contributed by atoms with van der Waals surface area (Å²) in [7, 11) is 0. The van der Waals surface area contributed by atoms with Gasteiger partial charge in [-0.15, -0.1) is 0 Å². The van der Waals surface area contributed by atoms with Gasteiger partial charge in [0.2, 0.25) is 11.8 Å². The third kappa shape index (κ3) is 1.77. The quantitative estimate of drug-likeness (QED) is 0.733. The van der Waals surface area contributed by atoms with Crippen LogP contribution in [0.5, 0.6) is 0 Å². The van der Waals surface area contributed by atoms with Crippen molar-refractivity contribution in [3.05, 3.63) is 59.2 Å². The fourth-order valence-corrected chi connectivity index (χ4v) is 3.41. The summed E-state index contributed by atoms with van der Waals surface area (Å²) in [6.07, 6.45) is 0.879. The van der Waals surface area contributed by atoms with Crippen molar-refractivity contribution in [2.24, 2.45) is 5.41 Å². The Balaban J connectivity index is 1.81. The van der Waals surface area contributed by atoms with Gasteiger partial charge in [-0.1, -0.05) is 35.9 Å². The molecular formula is C18H16N2O2. The van der Waals surface area contributed by atoms with Gasteiger partial charge in [0, 0.05) is 11.4 Å². The van der Waals surface area contributed by atoms with Crippen LogP contribution in [0.15, 0.2) is 42.5 Å². The standard InChI is InChI=1S/C18H16N2O2/c1-11-6-7-15-13(8-11)10-18(17(22)20-15)9-12-4-2-3-5-14(12)19-16(18)21/h2-8H,9-10H2,1H3,(H,19,21)(H,20,22). The summed E-state index contributed by atoms with van der Waals surface area (Å²) >= 11 is 0. The minimum atomic E-state index is -1.05. The molecule has 2 heterocycles. The molecule has 0 fully saturated rings. The van der Waals surface area contributed by atoms with Gasteiger partial charge in [-0.05, 0) is 43.0 Å². The van der Waals surface area contributed by atoms with Crippen LogP contribution in [0, 0.1) is 12.3 Å². The van der Waals surface area contributed by atoms with Crippen LogP contribution in [0.2, 0.25) is 0 Å². The number of amides is 2. The molecule has 1 spiro atoms. The molecule has 4 rings (SSSR count). The predicted molar refractivity (Wildman–Crippen MR) is 84.7 cm³/mol. The minimum absolute atomic E-state index is 0.212. The number of anilines is 2.